The van der Waals surface area contributed by atoms with Gasteiger partial charge in [0.15, 0.2) is 0 Å². The first kappa shape index (κ1) is 12.8. The number of rotatable bonds is 0. The molecular formula is C19H20N2. The summed E-state index contributed by atoms with van der Waals surface area (Å²) in [5, 5.41) is 2.37. The first-order chi connectivity index (χ1) is 9.88. The van der Waals surface area contributed by atoms with Crippen molar-refractivity contribution in [2.45, 2.75) is 44.9 Å². The molecule has 2 heterocycles. The summed E-state index contributed by atoms with van der Waals surface area (Å²) in [6.45, 7) is 9.28. The maximum atomic E-state index is 5.09. The SMILES string of the molecule is CC1(C)CC(C)(C)c2nc3c(ccc4ncccc43)cc21. The van der Waals surface area contributed by atoms with Gasteiger partial charge in [-0.2, -0.15) is 0 Å². The first-order valence-corrected chi connectivity index (χ1v) is 7.58. The minimum absolute atomic E-state index is 0.136. The van der Waals surface area contributed by atoms with Gasteiger partial charge in [0.1, 0.15) is 0 Å². The molecule has 0 N–H and O–H groups in total. The number of aromatic nitrogens is 2. The number of fused-ring (bicyclic) bond motifs is 4. The summed E-state index contributed by atoms with van der Waals surface area (Å²) in [7, 11) is 0. The number of pyridine rings is 2. The summed E-state index contributed by atoms with van der Waals surface area (Å²) < 4.78 is 0. The highest BCUT2D eigenvalue weighted by molar-refractivity contribution is 6.04. The van der Waals surface area contributed by atoms with Crippen LogP contribution in [0.25, 0.3) is 21.8 Å². The van der Waals surface area contributed by atoms with Crippen molar-refractivity contribution < 1.29 is 0 Å². The van der Waals surface area contributed by atoms with Gasteiger partial charge in [-0.1, -0.05) is 33.8 Å². The van der Waals surface area contributed by atoms with Crippen molar-refractivity contribution in [3.8, 4) is 0 Å². The molecule has 0 atom stereocenters. The van der Waals surface area contributed by atoms with E-state index in [1.807, 2.05) is 12.3 Å². The van der Waals surface area contributed by atoms with Crippen LogP contribution in [0.4, 0.5) is 0 Å². The highest BCUT2D eigenvalue weighted by atomic mass is 14.8. The van der Waals surface area contributed by atoms with Crippen LogP contribution >= 0.6 is 0 Å². The predicted octanol–water partition coefficient (Wildman–Crippen LogP) is 4.74. The molecule has 2 heteroatoms. The second kappa shape index (κ2) is 3.82. The smallest absolute Gasteiger partial charge is 0.0799 e. The van der Waals surface area contributed by atoms with Crippen LogP contribution in [0.5, 0.6) is 0 Å². The first-order valence-electron chi connectivity index (χ1n) is 7.58. The molecule has 0 spiro atoms. The predicted molar refractivity (Wildman–Crippen MR) is 87.7 cm³/mol. The van der Waals surface area contributed by atoms with Gasteiger partial charge in [-0.25, -0.2) is 0 Å². The van der Waals surface area contributed by atoms with E-state index in [2.05, 4.69) is 56.9 Å². The van der Waals surface area contributed by atoms with Gasteiger partial charge in [0.25, 0.3) is 0 Å². The average Bonchev–Trinajstić information content (AvgIpc) is 2.62. The second-order valence-corrected chi connectivity index (χ2v) is 7.54. The lowest BCUT2D eigenvalue weighted by atomic mass is 9.82. The van der Waals surface area contributed by atoms with Crippen LogP contribution < -0.4 is 0 Å². The van der Waals surface area contributed by atoms with Gasteiger partial charge in [-0.3, -0.25) is 9.97 Å². The van der Waals surface area contributed by atoms with Gasteiger partial charge in [0, 0.05) is 22.4 Å². The lowest BCUT2D eigenvalue weighted by molar-refractivity contribution is 0.400. The van der Waals surface area contributed by atoms with Crippen molar-refractivity contribution in [2.75, 3.05) is 0 Å². The normalized spacial score (nSPS) is 19.0. The van der Waals surface area contributed by atoms with Crippen LogP contribution in [-0.4, -0.2) is 9.97 Å². The molecule has 0 bridgehead atoms. The van der Waals surface area contributed by atoms with Gasteiger partial charge < -0.3 is 0 Å². The summed E-state index contributed by atoms with van der Waals surface area (Å²) in [5.41, 5.74) is 5.11. The minimum atomic E-state index is 0.136. The van der Waals surface area contributed by atoms with Gasteiger partial charge >= 0.3 is 0 Å². The Hall–Kier alpha value is -1.96. The van der Waals surface area contributed by atoms with Crippen molar-refractivity contribution in [3.05, 3.63) is 47.8 Å². The summed E-state index contributed by atoms with van der Waals surface area (Å²) >= 11 is 0. The number of hydrogen-bond donors (Lipinski definition) is 0. The van der Waals surface area contributed by atoms with Crippen molar-refractivity contribution >= 4 is 21.8 Å². The van der Waals surface area contributed by atoms with E-state index in [-0.39, 0.29) is 10.8 Å². The van der Waals surface area contributed by atoms with E-state index in [0.717, 1.165) is 22.8 Å². The van der Waals surface area contributed by atoms with Gasteiger partial charge in [0.05, 0.1) is 16.7 Å². The van der Waals surface area contributed by atoms with Crippen molar-refractivity contribution in [1.29, 1.82) is 0 Å². The van der Waals surface area contributed by atoms with Crippen molar-refractivity contribution in [3.63, 3.8) is 0 Å². The Labute approximate surface area is 125 Å². The molecule has 1 aliphatic carbocycles. The van der Waals surface area contributed by atoms with Crippen LogP contribution in [-0.2, 0) is 10.8 Å². The lowest BCUT2D eigenvalue weighted by Crippen LogP contribution is -2.18. The maximum absolute atomic E-state index is 5.09. The third kappa shape index (κ3) is 1.71. The molecule has 106 valence electrons. The molecule has 21 heavy (non-hydrogen) atoms. The molecule has 0 saturated heterocycles. The van der Waals surface area contributed by atoms with Crippen LogP contribution in [0, 0.1) is 0 Å². The Balaban J connectivity index is 2.15. The molecule has 1 aromatic carbocycles. The quantitative estimate of drug-likeness (QED) is 0.554. The standard InChI is InChI=1S/C19H20N2/c1-18(2)11-19(3,4)17-14(18)10-12-7-8-15-13(16(12)21-17)6-5-9-20-15/h5-10H,11H2,1-4H3. The molecule has 1 aliphatic rings. The largest absolute Gasteiger partial charge is 0.256 e. The maximum Gasteiger partial charge on any atom is 0.0799 e. The van der Waals surface area contributed by atoms with E-state index in [1.54, 1.807) is 0 Å². The second-order valence-electron chi connectivity index (χ2n) is 7.54. The zero-order valence-corrected chi connectivity index (χ0v) is 13.1. The lowest BCUT2D eigenvalue weighted by Gasteiger charge is -2.21. The summed E-state index contributed by atoms with van der Waals surface area (Å²) in [5.74, 6) is 0. The fourth-order valence-electron chi connectivity index (χ4n) is 4.11. The number of nitrogens with zero attached hydrogens (tertiary/aromatic N) is 2. The highest BCUT2D eigenvalue weighted by Gasteiger charge is 2.43. The van der Waals surface area contributed by atoms with E-state index >= 15 is 0 Å². The molecule has 0 aliphatic heterocycles. The van der Waals surface area contributed by atoms with Gasteiger partial charge in [0.2, 0.25) is 0 Å². The molecule has 2 nitrogen and oxygen atoms in total. The topological polar surface area (TPSA) is 25.8 Å². The summed E-state index contributed by atoms with van der Waals surface area (Å²) in [6, 6.07) is 10.7. The molecule has 0 radical (unpaired) electrons. The monoisotopic (exact) mass is 276 g/mol. The third-order valence-corrected chi connectivity index (χ3v) is 4.82. The molecular weight excluding hydrogens is 256 g/mol. The molecule has 0 unspecified atom stereocenters. The van der Waals surface area contributed by atoms with Crippen molar-refractivity contribution in [2.24, 2.45) is 0 Å². The van der Waals surface area contributed by atoms with E-state index in [9.17, 15) is 0 Å². The number of benzene rings is 1. The van der Waals surface area contributed by atoms with Crippen LogP contribution in [0.3, 0.4) is 0 Å². The summed E-state index contributed by atoms with van der Waals surface area (Å²) in [4.78, 5) is 9.54. The Kier molecular flexibility index (Phi) is 2.32. The minimum Gasteiger partial charge on any atom is -0.256 e. The molecule has 2 aromatic heterocycles. The Morgan fingerprint density at radius 3 is 2.62 bits per heavy atom. The number of hydrogen-bond acceptors (Lipinski definition) is 2. The average molecular weight is 276 g/mol. The Morgan fingerprint density at radius 2 is 1.81 bits per heavy atom. The van der Waals surface area contributed by atoms with E-state index in [1.165, 1.54) is 16.6 Å². The van der Waals surface area contributed by atoms with E-state index in [4.69, 9.17) is 4.98 Å². The zero-order valence-electron chi connectivity index (χ0n) is 13.1. The molecule has 3 aromatic rings. The molecule has 0 amide bonds. The van der Waals surface area contributed by atoms with E-state index < -0.39 is 0 Å². The van der Waals surface area contributed by atoms with Crippen LogP contribution in [0.2, 0.25) is 0 Å². The molecule has 4 rings (SSSR count). The zero-order chi connectivity index (χ0) is 14.8. The van der Waals surface area contributed by atoms with Crippen molar-refractivity contribution in [1.82, 2.24) is 9.97 Å². The van der Waals surface area contributed by atoms with E-state index in [0.29, 0.717) is 0 Å². The highest BCUT2D eigenvalue weighted by Crippen LogP contribution is 2.49. The fourth-order valence-corrected chi connectivity index (χ4v) is 4.11. The third-order valence-electron chi connectivity index (χ3n) is 4.82. The Bertz CT molecular complexity index is 875. The molecule has 0 fully saturated rings. The van der Waals surface area contributed by atoms with Crippen LogP contribution in [0.1, 0.15) is 45.4 Å². The van der Waals surface area contributed by atoms with Gasteiger partial charge in [-0.05, 0) is 41.7 Å². The summed E-state index contributed by atoms with van der Waals surface area (Å²) in [6.07, 6.45) is 2.99. The fraction of sp³-hybridized carbons (Fsp3) is 0.368. The van der Waals surface area contributed by atoms with Gasteiger partial charge in [-0.15, -0.1) is 0 Å². The molecule has 0 saturated carbocycles. The van der Waals surface area contributed by atoms with Crippen LogP contribution in [0.15, 0.2) is 36.5 Å². The Morgan fingerprint density at radius 1 is 1.00 bits per heavy atom.